The lowest BCUT2D eigenvalue weighted by molar-refractivity contribution is -0.138. The third-order valence-corrected chi connectivity index (χ3v) is 3.66. The number of benzene rings is 1. The number of anilines is 2. The number of rotatable bonds is 6. The maximum Gasteiger partial charge on any atom is 0.304 e. The first-order chi connectivity index (χ1) is 9.22. The maximum absolute atomic E-state index is 10.7. The van der Waals surface area contributed by atoms with Crippen molar-refractivity contribution in [2.45, 2.75) is 23.3 Å². The zero-order chi connectivity index (χ0) is 15.4. The van der Waals surface area contributed by atoms with Crippen molar-refractivity contribution in [3.05, 3.63) is 23.3 Å². The predicted molar refractivity (Wildman–Crippen MR) is 83.2 cm³/mol. The number of hydrogen-bond acceptors (Lipinski definition) is 6. The van der Waals surface area contributed by atoms with Gasteiger partial charge in [-0.2, -0.15) is 25.3 Å². The van der Waals surface area contributed by atoms with Crippen molar-refractivity contribution in [3.8, 4) is 0 Å². The molecule has 0 aliphatic heterocycles. The smallest absolute Gasteiger partial charge is 0.304 e. The largest absolute Gasteiger partial charge is 0.481 e. The molecule has 1 rings (SSSR count). The van der Waals surface area contributed by atoms with Gasteiger partial charge in [0.15, 0.2) is 0 Å². The van der Waals surface area contributed by atoms with Gasteiger partial charge in [-0.3, -0.25) is 9.59 Å². The molecule has 6 nitrogen and oxygen atoms in total. The van der Waals surface area contributed by atoms with E-state index in [-0.39, 0.29) is 12.8 Å². The Morgan fingerprint density at radius 1 is 0.950 bits per heavy atom. The summed E-state index contributed by atoms with van der Waals surface area (Å²) in [6, 6.07) is 3.05. The second-order valence-electron chi connectivity index (χ2n) is 4.34. The summed E-state index contributed by atoms with van der Waals surface area (Å²) in [5.74, 6) is -2.01. The van der Waals surface area contributed by atoms with Crippen LogP contribution in [0.2, 0.25) is 0 Å². The van der Waals surface area contributed by atoms with E-state index >= 15 is 0 Å². The molecule has 110 valence electrons. The van der Waals surface area contributed by atoms with Gasteiger partial charge in [0.25, 0.3) is 0 Å². The normalized spacial score (nSPS) is 13.7. The minimum absolute atomic E-state index is 0.202. The third kappa shape index (κ3) is 4.24. The summed E-state index contributed by atoms with van der Waals surface area (Å²) in [7, 11) is 0. The molecule has 6 N–H and O–H groups in total. The molecule has 0 aliphatic rings. The molecule has 0 heterocycles. The van der Waals surface area contributed by atoms with E-state index in [9.17, 15) is 9.59 Å². The Morgan fingerprint density at radius 3 is 1.60 bits per heavy atom. The van der Waals surface area contributed by atoms with E-state index in [4.69, 9.17) is 21.7 Å². The lowest BCUT2D eigenvalue weighted by Gasteiger charge is -2.18. The monoisotopic (exact) mass is 316 g/mol. The summed E-state index contributed by atoms with van der Waals surface area (Å²) >= 11 is 8.41. The second kappa shape index (κ2) is 6.76. The van der Waals surface area contributed by atoms with Gasteiger partial charge in [0, 0.05) is 21.9 Å². The lowest BCUT2D eigenvalue weighted by atomic mass is 9.99. The number of nitrogen functional groups attached to an aromatic ring is 2. The summed E-state index contributed by atoms with van der Waals surface area (Å²) in [5.41, 5.74) is 13.3. The van der Waals surface area contributed by atoms with Gasteiger partial charge in [-0.05, 0) is 23.3 Å². The van der Waals surface area contributed by atoms with Gasteiger partial charge in [-0.15, -0.1) is 0 Å². The van der Waals surface area contributed by atoms with Crippen LogP contribution in [0.15, 0.2) is 12.1 Å². The fraction of sp³-hybridized carbons (Fsp3) is 0.333. The Hall–Kier alpha value is -1.54. The summed E-state index contributed by atoms with van der Waals surface area (Å²) in [4.78, 5) is 21.4. The molecule has 8 heteroatoms. The van der Waals surface area contributed by atoms with Crippen molar-refractivity contribution >= 4 is 48.6 Å². The highest BCUT2D eigenvalue weighted by Crippen LogP contribution is 2.36. The van der Waals surface area contributed by atoms with Crippen LogP contribution in [-0.2, 0) is 9.59 Å². The van der Waals surface area contributed by atoms with Gasteiger partial charge in [0.2, 0.25) is 0 Å². The van der Waals surface area contributed by atoms with Crippen LogP contribution in [0.3, 0.4) is 0 Å². The Labute approximate surface area is 127 Å². The van der Waals surface area contributed by atoms with Gasteiger partial charge in [-0.1, -0.05) is 0 Å². The molecule has 0 saturated carbocycles. The van der Waals surface area contributed by atoms with E-state index in [1.807, 2.05) is 0 Å². The van der Waals surface area contributed by atoms with Crippen molar-refractivity contribution in [3.63, 3.8) is 0 Å². The summed E-state index contributed by atoms with van der Waals surface area (Å²) in [5, 5.41) is 16.4. The molecule has 1 aromatic carbocycles. The molecule has 0 saturated heterocycles. The van der Waals surface area contributed by atoms with E-state index in [0.717, 1.165) is 0 Å². The molecule has 0 amide bonds. The molecule has 2 unspecified atom stereocenters. The van der Waals surface area contributed by atoms with Crippen molar-refractivity contribution in [1.29, 1.82) is 0 Å². The zero-order valence-electron chi connectivity index (χ0n) is 10.5. The number of carbonyl (C=O) groups is 2. The van der Waals surface area contributed by atoms with Gasteiger partial charge < -0.3 is 21.7 Å². The van der Waals surface area contributed by atoms with Crippen molar-refractivity contribution in [1.82, 2.24) is 0 Å². The van der Waals surface area contributed by atoms with Crippen LogP contribution in [0.25, 0.3) is 0 Å². The van der Waals surface area contributed by atoms with Crippen LogP contribution < -0.4 is 11.5 Å². The molecule has 1 aromatic rings. The Balaban J connectivity index is 3.14. The highest BCUT2D eigenvalue weighted by atomic mass is 32.1. The molecular weight excluding hydrogens is 300 g/mol. The molecule has 0 spiro atoms. The molecular formula is C12H16N2O4S2. The molecule has 0 radical (unpaired) electrons. The number of hydrogen-bond donors (Lipinski definition) is 6. The number of carboxylic acid groups (broad SMARTS) is 2. The molecule has 0 fully saturated rings. The molecule has 0 bridgehead atoms. The number of thiol groups is 2. The SMILES string of the molecule is Nc1cc(N)c(C(S)CC(=O)O)cc1C(S)CC(=O)O. The summed E-state index contributed by atoms with van der Waals surface area (Å²) < 4.78 is 0. The van der Waals surface area contributed by atoms with Gasteiger partial charge >= 0.3 is 11.9 Å². The number of nitrogens with two attached hydrogens (primary N) is 2. The molecule has 0 aliphatic carbocycles. The van der Waals surface area contributed by atoms with Gasteiger partial charge in [-0.25, -0.2) is 0 Å². The average Bonchev–Trinajstić information content (AvgIpc) is 2.26. The standard InChI is InChI=1S/C12H16N2O4S2/c13-7-2-8(14)6(10(20)4-12(17)18)1-5(7)9(19)3-11(15)16/h1-2,9-10,19-20H,3-4,13-14H2,(H,15,16)(H,17,18). The summed E-state index contributed by atoms with van der Waals surface area (Å²) in [6.45, 7) is 0. The van der Waals surface area contributed by atoms with Crippen molar-refractivity contribution in [2.75, 3.05) is 11.5 Å². The molecule has 2 atom stereocenters. The first-order valence-corrected chi connectivity index (χ1v) is 6.74. The number of aliphatic carboxylic acids is 2. The maximum atomic E-state index is 10.7. The van der Waals surface area contributed by atoms with Crippen LogP contribution in [0.5, 0.6) is 0 Å². The Bertz CT molecular complexity index is 493. The minimum Gasteiger partial charge on any atom is -0.481 e. The topological polar surface area (TPSA) is 127 Å². The average molecular weight is 316 g/mol. The fourth-order valence-electron chi connectivity index (χ4n) is 1.80. The lowest BCUT2D eigenvalue weighted by Crippen LogP contribution is -2.09. The van der Waals surface area contributed by atoms with Crippen molar-refractivity contribution in [2.24, 2.45) is 0 Å². The van der Waals surface area contributed by atoms with Crippen LogP contribution in [0.4, 0.5) is 11.4 Å². The first-order valence-electron chi connectivity index (χ1n) is 5.70. The van der Waals surface area contributed by atoms with Crippen LogP contribution in [0.1, 0.15) is 34.5 Å². The first kappa shape index (κ1) is 16.5. The van der Waals surface area contributed by atoms with Crippen molar-refractivity contribution < 1.29 is 19.8 Å². The van der Waals surface area contributed by atoms with E-state index in [1.54, 1.807) is 6.07 Å². The predicted octanol–water partition coefficient (Wildman–Crippen LogP) is 1.74. The van der Waals surface area contributed by atoms with E-state index in [2.05, 4.69) is 25.3 Å². The fourth-order valence-corrected chi connectivity index (χ4v) is 2.56. The summed E-state index contributed by atoms with van der Waals surface area (Å²) in [6.07, 6.45) is -0.403. The molecule has 0 aromatic heterocycles. The van der Waals surface area contributed by atoms with E-state index < -0.39 is 22.4 Å². The zero-order valence-corrected chi connectivity index (χ0v) is 12.3. The second-order valence-corrected chi connectivity index (χ2v) is 5.58. The minimum atomic E-state index is -1.00. The van der Waals surface area contributed by atoms with Gasteiger partial charge in [0.1, 0.15) is 0 Å². The Kier molecular flexibility index (Phi) is 5.58. The highest BCUT2D eigenvalue weighted by molar-refractivity contribution is 7.80. The van der Waals surface area contributed by atoms with Gasteiger partial charge in [0.05, 0.1) is 12.8 Å². The van der Waals surface area contributed by atoms with Crippen LogP contribution in [0, 0.1) is 0 Å². The Morgan fingerprint density at radius 2 is 1.30 bits per heavy atom. The third-order valence-electron chi connectivity index (χ3n) is 2.74. The van der Waals surface area contributed by atoms with Crippen LogP contribution >= 0.6 is 25.3 Å². The quantitative estimate of drug-likeness (QED) is 0.350. The van der Waals surface area contributed by atoms with E-state index in [1.165, 1.54) is 6.07 Å². The molecule has 20 heavy (non-hydrogen) atoms. The van der Waals surface area contributed by atoms with E-state index in [0.29, 0.717) is 22.5 Å². The number of carboxylic acids is 2. The highest BCUT2D eigenvalue weighted by Gasteiger charge is 2.20. The van der Waals surface area contributed by atoms with Crippen LogP contribution in [-0.4, -0.2) is 22.2 Å².